The minimum absolute atomic E-state index is 0.182. The number of halogens is 1. The summed E-state index contributed by atoms with van der Waals surface area (Å²) in [6, 6.07) is 0. The Kier molecular flexibility index (Phi) is 3.12. The summed E-state index contributed by atoms with van der Waals surface area (Å²) in [5, 5.41) is 0.816. The van der Waals surface area contributed by atoms with E-state index >= 15 is 0 Å². The van der Waals surface area contributed by atoms with Gasteiger partial charge in [0.25, 0.3) is 0 Å². The molecule has 1 aliphatic carbocycles. The van der Waals surface area contributed by atoms with Gasteiger partial charge in [0.05, 0.1) is 12.7 Å². The topological polar surface area (TPSA) is 29.5 Å². The summed E-state index contributed by atoms with van der Waals surface area (Å²) in [6.45, 7) is 4.35. The first-order valence-electron chi connectivity index (χ1n) is 5.18. The number of hydrogen-bond donors (Lipinski definition) is 0. The van der Waals surface area contributed by atoms with E-state index in [9.17, 15) is 4.79 Å². The molecule has 3 nitrogen and oxygen atoms in total. The first-order chi connectivity index (χ1) is 6.72. The SMILES string of the molecule is CC1CC1C(=O)N1CCOC(CBr)C1. The van der Waals surface area contributed by atoms with Crippen LogP contribution in [0.4, 0.5) is 0 Å². The van der Waals surface area contributed by atoms with E-state index in [2.05, 4.69) is 22.9 Å². The predicted molar refractivity (Wildman–Crippen MR) is 57.4 cm³/mol. The van der Waals surface area contributed by atoms with E-state index in [-0.39, 0.29) is 6.10 Å². The maximum atomic E-state index is 11.9. The van der Waals surface area contributed by atoms with Gasteiger partial charge in [-0.3, -0.25) is 4.79 Å². The quantitative estimate of drug-likeness (QED) is 0.701. The Bertz CT molecular complexity index is 234. The number of carbonyl (C=O) groups excluding carboxylic acids is 1. The van der Waals surface area contributed by atoms with E-state index < -0.39 is 0 Å². The molecule has 0 aromatic heterocycles. The fourth-order valence-corrected chi connectivity index (χ4v) is 2.31. The summed E-state index contributed by atoms with van der Waals surface area (Å²) in [5.74, 6) is 1.25. The second kappa shape index (κ2) is 4.19. The van der Waals surface area contributed by atoms with Gasteiger partial charge < -0.3 is 9.64 Å². The van der Waals surface area contributed by atoms with Crippen LogP contribution in [-0.4, -0.2) is 41.9 Å². The zero-order valence-electron chi connectivity index (χ0n) is 8.41. The van der Waals surface area contributed by atoms with Gasteiger partial charge in [-0.1, -0.05) is 22.9 Å². The molecule has 80 valence electrons. The van der Waals surface area contributed by atoms with Crippen LogP contribution in [0.25, 0.3) is 0 Å². The maximum absolute atomic E-state index is 11.9. The molecule has 0 N–H and O–H groups in total. The number of morpholine rings is 1. The Labute approximate surface area is 92.9 Å². The van der Waals surface area contributed by atoms with Crippen LogP contribution >= 0.6 is 15.9 Å². The van der Waals surface area contributed by atoms with Crippen molar-refractivity contribution in [3.8, 4) is 0 Å². The molecule has 1 saturated carbocycles. The van der Waals surface area contributed by atoms with Crippen molar-refractivity contribution in [3.05, 3.63) is 0 Å². The molecule has 2 aliphatic rings. The number of nitrogens with zero attached hydrogens (tertiary/aromatic N) is 1. The average molecular weight is 262 g/mol. The lowest BCUT2D eigenvalue weighted by Gasteiger charge is -2.32. The van der Waals surface area contributed by atoms with Crippen molar-refractivity contribution in [2.24, 2.45) is 11.8 Å². The van der Waals surface area contributed by atoms with E-state index in [1.807, 2.05) is 4.90 Å². The average Bonchev–Trinajstić information content (AvgIpc) is 2.94. The zero-order chi connectivity index (χ0) is 10.1. The van der Waals surface area contributed by atoms with Crippen LogP contribution < -0.4 is 0 Å². The molecule has 3 unspecified atom stereocenters. The highest BCUT2D eigenvalue weighted by Gasteiger charge is 2.42. The summed E-state index contributed by atoms with van der Waals surface area (Å²) in [7, 11) is 0. The van der Waals surface area contributed by atoms with E-state index in [1.165, 1.54) is 0 Å². The lowest BCUT2D eigenvalue weighted by atomic mass is 10.2. The van der Waals surface area contributed by atoms with E-state index in [1.54, 1.807) is 0 Å². The number of amides is 1. The summed E-state index contributed by atoms with van der Waals surface area (Å²) in [5.41, 5.74) is 0. The van der Waals surface area contributed by atoms with Crippen molar-refractivity contribution in [1.29, 1.82) is 0 Å². The summed E-state index contributed by atoms with van der Waals surface area (Å²) < 4.78 is 5.49. The van der Waals surface area contributed by atoms with Crippen molar-refractivity contribution >= 4 is 21.8 Å². The summed E-state index contributed by atoms with van der Waals surface area (Å²) in [4.78, 5) is 13.8. The van der Waals surface area contributed by atoms with E-state index in [0.29, 0.717) is 24.3 Å². The molecule has 1 saturated heterocycles. The number of alkyl halides is 1. The molecule has 0 spiro atoms. The molecule has 1 amide bonds. The second-order valence-electron chi connectivity index (χ2n) is 4.25. The molecule has 1 aliphatic heterocycles. The summed E-state index contributed by atoms with van der Waals surface area (Å²) in [6.07, 6.45) is 1.26. The van der Waals surface area contributed by atoms with Gasteiger partial charge in [0.2, 0.25) is 5.91 Å². The molecule has 14 heavy (non-hydrogen) atoms. The van der Waals surface area contributed by atoms with Crippen LogP contribution in [0.5, 0.6) is 0 Å². The Balaban J connectivity index is 1.87. The zero-order valence-corrected chi connectivity index (χ0v) is 10.00. The minimum atomic E-state index is 0.182. The van der Waals surface area contributed by atoms with Crippen LogP contribution in [0.3, 0.4) is 0 Å². The third-order valence-corrected chi connectivity index (χ3v) is 3.77. The number of carbonyl (C=O) groups is 1. The highest BCUT2D eigenvalue weighted by molar-refractivity contribution is 9.09. The van der Waals surface area contributed by atoms with Gasteiger partial charge in [-0.25, -0.2) is 0 Å². The van der Waals surface area contributed by atoms with Crippen LogP contribution in [0, 0.1) is 11.8 Å². The Morgan fingerprint density at radius 1 is 1.64 bits per heavy atom. The van der Waals surface area contributed by atoms with Crippen LogP contribution in [0.1, 0.15) is 13.3 Å². The van der Waals surface area contributed by atoms with E-state index in [0.717, 1.165) is 24.8 Å². The standard InChI is InChI=1S/C10H16BrNO2/c1-7-4-9(7)10(13)12-2-3-14-8(5-11)6-12/h7-9H,2-6H2,1H3. The molecule has 0 radical (unpaired) electrons. The van der Waals surface area contributed by atoms with Crippen LogP contribution in [-0.2, 0) is 9.53 Å². The minimum Gasteiger partial charge on any atom is -0.374 e. The first-order valence-corrected chi connectivity index (χ1v) is 6.31. The van der Waals surface area contributed by atoms with E-state index in [4.69, 9.17) is 4.74 Å². The van der Waals surface area contributed by atoms with Crippen molar-refractivity contribution in [2.75, 3.05) is 25.0 Å². The molecule has 0 aromatic rings. The third-order valence-electron chi connectivity index (χ3n) is 3.05. The Morgan fingerprint density at radius 3 is 2.93 bits per heavy atom. The number of rotatable bonds is 2. The van der Waals surface area contributed by atoms with Gasteiger partial charge in [-0.15, -0.1) is 0 Å². The number of ether oxygens (including phenoxy) is 1. The summed E-state index contributed by atoms with van der Waals surface area (Å²) >= 11 is 3.39. The van der Waals surface area contributed by atoms with Gasteiger partial charge in [-0.2, -0.15) is 0 Å². The van der Waals surface area contributed by atoms with Crippen molar-refractivity contribution in [1.82, 2.24) is 4.90 Å². The third kappa shape index (κ3) is 2.11. The van der Waals surface area contributed by atoms with Crippen molar-refractivity contribution in [2.45, 2.75) is 19.4 Å². The van der Waals surface area contributed by atoms with Gasteiger partial charge >= 0.3 is 0 Å². The fraction of sp³-hybridized carbons (Fsp3) is 0.900. The molecule has 2 fully saturated rings. The van der Waals surface area contributed by atoms with Crippen LogP contribution in [0.15, 0.2) is 0 Å². The second-order valence-corrected chi connectivity index (χ2v) is 4.90. The monoisotopic (exact) mass is 261 g/mol. The molecule has 2 rings (SSSR count). The van der Waals surface area contributed by atoms with Crippen molar-refractivity contribution in [3.63, 3.8) is 0 Å². The normalized spacial score (nSPS) is 37.0. The lowest BCUT2D eigenvalue weighted by Crippen LogP contribution is -2.47. The van der Waals surface area contributed by atoms with Gasteiger partial charge in [0.15, 0.2) is 0 Å². The van der Waals surface area contributed by atoms with Gasteiger partial charge in [-0.05, 0) is 12.3 Å². The first kappa shape index (κ1) is 10.4. The Morgan fingerprint density at radius 2 is 2.36 bits per heavy atom. The molecular formula is C10H16BrNO2. The lowest BCUT2D eigenvalue weighted by molar-refractivity contribution is -0.139. The van der Waals surface area contributed by atoms with Crippen LogP contribution in [0.2, 0.25) is 0 Å². The van der Waals surface area contributed by atoms with Gasteiger partial charge in [0, 0.05) is 24.3 Å². The predicted octanol–water partition coefficient (Wildman–Crippen LogP) is 1.26. The molecule has 1 heterocycles. The fourth-order valence-electron chi connectivity index (χ4n) is 1.91. The molecule has 4 heteroatoms. The highest BCUT2D eigenvalue weighted by Crippen LogP contribution is 2.39. The molecule has 0 aromatic carbocycles. The Hall–Kier alpha value is -0.0900. The molecule has 0 bridgehead atoms. The smallest absolute Gasteiger partial charge is 0.226 e. The van der Waals surface area contributed by atoms with Gasteiger partial charge in [0.1, 0.15) is 0 Å². The largest absolute Gasteiger partial charge is 0.374 e. The molecular weight excluding hydrogens is 246 g/mol. The highest BCUT2D eigenvalue weighted by atomic mass is 79.9. The van der Waals surface area contributed by atoms with Crippen molar-refractivity contribution < 1.29 is 9.53 Å². The maximum Gasteiger partial charge on any atom is 0.226 e. The number of hydrogen-bond acceptors (Lipinski definition) is 2. The molecule has 3 atom stereocenters.